The Morgan fingerprint density at radius 3 is 2.36 bits per heavy atom. The number of anilines is 1. The van der Waals surface area contributed by atoms with Gasteiger partial charge >= 0.3 is 5.51 Å². The quantitative estimate of drug-likeness (QED) is 0.701. The third-order valence-corrected chi connectivity index (χ3v) is 6.13. The number of piperazine rings is 1. The summed E-state index contributed by atoms with van der Waals surface area (Å²) in [5.74, 6) is -0.132. The zero-order valence-corrected chi connectivity index (χ0v) is 15.9. The number of aromatic nitrogens is 2. The molecule has 3 rings (SSSR count). The van der Waals surface area contributed by atoms with E-state index in [1.54, 1.807) is 6.92 Å². The van der Waals surface area contributed by atoms with Crippen molar-refractivity contribution in [1.82, 2.24) is 15.0 Å². The average Bonchev–Trinajstić information content (AvgIpc) is 3.06. The fraction of sp³-hybridized carbons (Fsp3) is 0.500. The van der Waals surface area contributed by atoms with Crippen molar-refractivity contribution >= 4 is 15.5 Å². The topological polar surface area (TPSA) is 79.5 Å². The van der Waals surface area contributed by atoms with Crippen LogP contribution in [-0.4, -0.2) is 55.1 Å². The monoisotopic (exact) mass is 422 g/mol. The van der Waals surface area contributed by atoms with Crippen LogP contribution >= 0.6 is 0 Å². The Kier molecular flexibility index (Phi) is 5.36. The Balaban J connectivity index is 1.81. The molecular formula is C16H18F4N4O3S. The summed E-state index contributed by atoms with van der Waals surface area (Å²) in [4.78, 5) is 6.58. The number of alkyl halides is 3. The number of sulfone groups is 1. The molecule has 0 amide bonds. The first-order valence-electron chi connectivity index (χ1n) is 8.41. The molecule has 154 valence electrons. The minimum atomic E-state index is -5.68. The van der Waals surface area contributed by atoms with Crippen molar-refractivity contribution in [2.24, 2.45) is 0 Å². The maximum absolute atomic E-state index is 13.5. The number of halogens is 4. The number of hydrogen-bond acceptors (Lipinski definition) is 7. The Hall–Kier alpha value is -2.21. The fourth-order valence-corrected chi connectivity index (χ4v) is 4.07. The van der Waals surface area contributed by atoms with E-state index in [2.05, 4.69) is 10.1 Å². The summed E-state index contributed by atoms with van der Waals surface area (Å²) in [6, 6.07) is 2.22. The maximum Gasteiger partial charge on any atom is 0.501 e. The molecule has 7 nitrogen and oxygen atoms in total. The summed E-state index contributed by atoms with van der Waals surface area (Å²) < 4.78 is 81.4. The molecule has 2 heterocycles. The third-order valence-electron chi connectivity index (χ3n) is 4.62. The van der Waals surface area contributed by atoms with E-state index >= 15 is 0 Å². The Morgan fingerprint density at radius 2 is 1.82 bits per heavy atom. The SMILES string of the molecule is Cc1noc(C(C)N2CCN(c3ccc(F)cc3S(=O)(=O)C(F)(F)F)CC2)n1. The molecule has 1 saturated heterocycles. The number of benzene rings is 1. The standard InChI is InChI=1S/C16H18F4N4O3S/c1-10(15-21-11(2)22-27-15)23-5-7-24(8-6-23)13-4-3-12(17)9-14(13)28(25,26)16(18,19)20/h3-4,9-10H,5-8H2,1-2H3. The molecule has 0 N–H and O–H groups in total. The van der Waals surface area contributed by atoms with Crippen LogP contribution in [0.2, 0.25) is 0 Å². The Morgan fingerprint density at radius 1 is 1.18 bits per heavy atom. The molecule has 12 heteroatoms. The minimum absolute atomic E-state index is 0.167. The first-order valence-corrected chi connectivity index (χ1v) is 9.89. The van der Waals surface area contributed by atoms with Gasteiger partial charge in [-0.3, -0.25) is 4.90 Å². The van der Waals surface area contributed by atoms with Gasteiger partial charge in [-0.1, -0.05) is 5.16 Å². The molecule has 0 bridgehead atoms. The second kappa shape index (κ2) is 7.32. The lowest BCUT2D eigenvalue weighted by molar-refractivity contribution is -0.0435. The highest BCUT2D eigenvalue weighted by Crippen LogP contribution is 2.37. The van der Waals surface area contributed by atoms with Crippen molar-refractivity contribution in [2.75, 3.05) is 31.1 Å². The van der Waals surface area contributed by atoms with Gasteiger partial charge < -0.3 is 9.42 Å². The van der Waals surface area contributed by atoms with Crippen molar-refractivity contribution in [3.8, 4) is 0 Å². The van der Waals surface area contributed by atoms with E-state index in [1.807, 2.05) is 11.8 Å². The van der Waals surface area contributed by atoms with Crippen molar-refractivity contribution in [1.29, 1.82) is 0 Å². The van der Waals surface area contributed by atoms with Gasteiger partial charge in [-0.05, 0) is 32.0 Å². The van der Waals surface area contributed by atoms with Crippen molar-refractivity contribution in [3.05, 3.63) is 35.7 Å². The average molecular weight is 422 g/mol. The lowest BCUT2D eigenvalue weighted by atomic mass is 10.2. The number of hydrogen-bond donors (Lipinski definition) is 0. The van der Waals surface area contributed by atoms with Crippen LogP contribution in [0.3, 0.4) is 0 Å². The fourth-order valence-electron chi connectivity index (χ4n) is 3.08. The van der Waals surface area contributed by atoms with Crippen LogP contribution in [0.25, 0.3) is 0 Å². The summed E-state index contributed by atoms with van der Waals surface area (Å²) in [5, 5.41) is 3.73. The molecule has 1 aromatic heterocycles. The van der Waals surface area contributed by atoms with E-state index in [4.69, 9.17) is 4.52 Å². The van der Waals surface area contributed by atoms with E-state index in [0.29, 0.717) is 30.9 Å². The zero-order valence-electron chi connectivity index (χ0n) is 15.1. The molecule has 28 heavy (non-hydrogen) atoms. The normalized spacial score (nSPS) is 17.7. The summed E-state index contributed by atoms with van der Waals surface area (Å²) in [5.41, 5.74) is -5.68. The molecule has 0 spiro atoms. The van der Waals surface area contributed by atoms with E-state index in [0.717, 1.165) is 12.1 Å². The van der Waals surface area contributed by atoms with Crippen LogP contribution in [-0.2, 0) is 9.84 Å². The first-order chi connectivity index (χ1) is 13.0. The van der Waals surface area contributed by atoms with E-state index < -0.39 is 26.1 Å². The van der Waals surface area contributed by atoms with Gasteiger partial charge in [-0.25, -0.2) is 12.8 Å². The highest BCUT2D eigenvalue weighted by Gasteiger charge is 2.48. The molecule has 1 aromatic carbocycles. The van der Waals surface area contributed by atoms with Gasteiger partial charge in [-0.15, -0.1) is 0 Å². The molecule has 0 saturated carbocycles. The van der Waals surface area contributed by atoms with Crippen LogP contribution in [0, 0.1) is 12.7 Å². The molecule has 1 atom stereocenters. The minimum Gasteiger partial charge on any atom is -0.368 e. The summed E-state index contributed by atoms with van der Waals surface area (Å²) in [7, 11) is -5.68. The molecule has 1 unspecified atom stereocenters. The summed E-state index contributed by atoms with van der Waals surface area (Å²) in [6.07, 6.45) is 0. The van der Waals surface area contributed by atoms with E-state index in [-0.39, 0.29) is 24.8 Å². The Bertz CT molecular complexity index is 953. The molecule has 2 aromatic rings. The smallest absolute Gasteiger partial charge is 0.368 e. The van der Waals surface area contributed by atoms with Gasteiger partial charge in [0.25, 0.3) is 9.84 Å². The lowest BCUT2D eigenvalue weighted by Crippen LogP contribution is -2.47. The number of nitrogens with zero attached hydrogens (tertiary/aromatic N) is 4. The van der Waals surface area contributed by atoms with Crippen molar-refractivity contribution in [2.45, 2.75) is 30.3 Å². The maximum atomic E-state index is 13.5. The summed E-state index contributed by atoms with van der Waals surface area (Å²) in [6.45, 7) is 4.90. The zero-order chi connectivity index (χ0) is 20.7. The second-order valence-electron chi connectivity index (χ2n) is 6.44. The van der Waals surface area contributed by atoms with Gasteiger partial charge in [-0.2, -0.15) is 18.2 Å². The van der Waals surface area contributed by atoms with Crippen molar-refractivity contribution in [3.63, 3.8) is 0 Å². The molecule has 1 fully saturated rings. The van der Waals surface area contributed by atoms with Crippen LogP contribution in [0.15, 0.2) is 27.6 Å². The van der Waals surface area contributed by atoms with Crippen LogP contribution in [0.1, 0.15) is 24.7 Å². The highest BCUT2D eigenvalue weighted by molar-refractivity contribution is 7.92. The van der Waals surface area contributed by atoms with Gasteiger partial charge in [0.2, 0.25) is 5.89 Å². The van der Waals surface area contributed by atoms with Crippen LogP contribution < -0.4 is 4.90 Å². The molecule has 1 aliphatic rings. The van der Waals surface area contributed by atoms with Gasteiger partial charge in [0.15, 0.2) is 5.82 Å². The van der Waals surface area contributed by atoms with Gasteiger partial charge in [0.05, 0.1) is 11.7 Å². The van der Waals surface area contributed by atoms with Gasteiger partial charge in [0, 0.05) is 26.2 Å². The predicted molar refractivity (Wildman–Crippen MR) is 90.9 cm³/mol. The van der Waals surface area contributed by atoms with E-state index in [9.17, 15) is 26.0 Å². The van der Waals surface area contributed by atoms with Crippen LogP contribution in [0.5, 0.6) is 0 Å². The summed E-state index contributed by atoms with van der Waals surface area (Å²) >= 11 is 0. The molecule has 0 radical (unpaired) electrons. The van der Waals surface area contributed by atoms with Crippen LogP contribution in [0.4, 0.5) is 23.2 Å². The van der Waals surface area contributed by atoms with Crippen molar-refractivity contribution < 1.29 is 30.5 Å². The van der Waals surface area contributed by atoms with E-state index in [1.165, 1.54) is 4.90 Å². The molecule has 1 aliphatic heterocycles. The predicted octanol–water partition coefficient (Wildman–Crippen LogP) is 2.69. The van der Waals surface area contributed by atoms with Gasteiger partial charge in [0.1, 0.15) is 10.7 Å². The Labute approximate surface area is 158 Å². The largest absolute Gasteiger partial charge is 0.501 e. The first kappa shape index (κ1) is 20.5. The lowest BCUT2D eigenvalue weighted by Gasteiger charge is -2.38. The number of aryl methyl sites for hydroxylation is 1. The molecular weight excluding hydrogens is 404 g/mol. The second-order valence-corrected chi connectivity index (χ2v) is 8.35. The third kappa shape index (κ3) is 3.83. The molecule has 0 aliphatic carbocycles. The highest BCUT2D eigenvalue weighted by atomic mass is 32.2. The number of rotatable bonds is 4.